The number of nitrogen functional groups attached to an aromatic ring is 1. The van der Waals surface area contributed by atoms with Crippen molar-refractivity contribution in [3.8, 4) is 0 Å². The van der Waals surface area contributed by atoms with E-state index in [1.807, 2.05) is 18.2 Å². The van der Waals surface area contributed by atoms with Gasteiger partial charge in [0.1, 0.15) is 0 Å². The van der Waals surface area contributed by atoms with E-state index in [2.05, 4.69) is 38.8 Å². The van der Waals surface area contributed by atoms with Gasteiger partial charge in [-0.3, -0.25) is 4.90 Å². The van der Waals surface area contributed by atoms with Crippen LogP contribution in [0.25, 0.3) is 0 Å². The van der Waals surface area contributed by atoms with E-state index in [-0.39, 0.29) is 0 Å². The number of benzene rings is 1. The van der Waals surface area contributed by atoms with Gasteiger partial charge in [-0.05, 0) is 37.6 Å². The Balaban J connectivity index is 2.62. The van der Waals surface area contributed by atoms with Crippen LogP contribution in [-0.2, 0) is 6.54 Å². The second-order valence-electron chi connectivity index (χ2n) is 4.64. The Morgan fingerprint density at radius 2 is 1.93 bits per heavy atom. The molecule has 2 nitrogen and oxygen atoms in total. The molecule has 0 heterocycles. The highest BCUT2D eigenvalue weighted by atomic mass is 15.1. The number of nitrogens with zero attached hydrogens (tertiary/aromatic N) is 1. The molecule has 0 amide bonds. The predicted octanol–water partition coefficient (Wildman–Crippen LogP) is 2.75. The van der Waals surface area contributed by atoms with Crippen LogP contribution < -0.4 is 5.73 Å². The molecule has 0 saturated heterocycles. The van der Waals surface area contributed by atoms with Gasteiger partial charge in [0.2, 0.25) is 0 Å². The standard InChI is InChI=1S/C13H22N2/c1-10(2)11(3)15(4)9-12-6-5-7-13(14)8-12/h5-8,10-11H,9,14H2,1-4H3. The van der Waals surface area contributed by atoms with Crippen LogP contribution in [0.2, 0.25) is 0 Å². The molecule has 0 aliphatic carbocycles. The van der Waals surface area contributed by atoms with Crippen LogP contribution in [0.1, 0.15) is 26.3 Å². The van der Waals surface area contributed by atoms with Gasteiger partial charge in [0.05, 0.1) is 0 Å². The topological polar surface area (TPSA) is 29.3 Å². The van der Waals surface area contributed by atoms with Crippen molar-refractivity contribution >= 4 is 5.69 Å². The highest BCUT2D eigenvalue weighted by Crippen LogP contribution is 2.13. The zero-order valence-electron chi connectivity index (χ0n) is 10.2. The third-order valence-corrected chi connectivity index (χ3v) is 3.04. The molecular weight excluding hydrogens is 184 g/mol. The number of rotatable bonds is 4. The number of nitrogens with two attached hydrogens (primary N) is 1. The fourth-order valence-corrected chi connectivity index (χ4v) is 1.63. The first-order chi connectivity index (χ1) is 7.00. The van der Waals surface area contributed by atoms with E-state index in [4.69, 9.17) is 5.73 Å². The molecular formula is C13H22N2. The van der Waals surface area contributed by atoms with Crippen LogP contribution in [0.15, 0.2) is 24.3 Å². The molecule has 0 spiro atoms. The maximum absolute atomic E-state index is 5.75. The van der Waals surface area contributed by atoms with Gasteiger partial charge in [-0.1, -0.05) is 26.0 Å². The molecule has 0 saturated carbocycles. The van der Waals surface area contributed by atoms with Crippen molar-refractivity contribution in [2.45, 2.75) is 33.4 Å². The van der Waals surface area contributed by atoms with Crippen molar-refractivity contribution in [3.05, 3.63) is 29.8 Å². The Bertz CT molecular complexity index is 307. The molecule has 0 aliphatic heterocycles. The summed E-state index contributed by atoms with van der Waals surface area (Å²) in [5.41, 5.74) is 7.88. The molecule has 0 aromatic heterocycles. The number of anilines is 1. The third kappa shape index (κ3) is 3.56. The summed E-state index contributed by atoms with van der Waals surface area (Å²) >= 11 is 0. The molecule has 84 valence electrons. The minimum absolute atomic E-state index is 0.589. The monoisotopic (exact) mass is 206 g/mol. The minimum atomic E-state index is 0.589. The molecule has 2 N–H and O–H groups in total. The van der Waals surface area contributed by atoms with Crippen LogP contribution in [0.4, 0.5) is 5.69 Å². The van der Waals surface area contributed by atoms with Crippen LogP contribution in [0, 0.1) is 5.92 Å². The molecule has 0 bridgehead atoms. The van der Waals surface area contributed by atoms with Gasteiger partial charge < -0.3 is 5.73 Å². The Labute approximate surface area is 93.1 Å². The summed E-state index contributed by atoms with van der Waals surface area (Å²) in [5.74, 6) is 0.677. The van der Waals surface area contributed by atoms with Crippen LogP contribution in [0.5, 0.6) is 0 Å². The van der Waals surface area contributed by atoms with E-state index in [1.54, 1.807) is 0 Å². The summed E-state index contributed by atoms with van der Waals surface area (Å²) in [5, 5.41) is 0. The zero-order chi connectivity index (χ0) is 11.4. The first kappa shape index (κ1) is 12.1. The van der Waals surface area contributed by atoms with Crippen LogP contribution in [-0.4, -0.2) is 18.0 Å². The van der Waals surface area contributed by atoms with Gasteiger partial charge in [-0.25, -0.2) is 0 Å². The number of hydrogen-bond acceptors (Lipinski definition) is 2. The lowest BCUT2D eigenvalue weighted by Crippen LogP contribution is -2.32. The van der Waals surface area contributed by atoms with Gasteiger partial charge in [0, 0.05) is 18.3 Å². The molecule has 1 aromatic carbocycles. The third-order valence-electron chi connectivity index (χ3n) is 3.04. The SMILES string of the molecule is CC(C)C(C)N(C)Cc1cccc(N)c1. The fraction of sp³-hybridized carbons (Fsp3) is 0.538. The molecule has 2 heteroatoms. The van der Waals surface area contributed by atoms with Crippen molar-refractivity contribution in [2.75, 3.05) is 12.8 Å². The molecule has 15 heavy (non-hydrogen) atoms. The van der Waals surface area contributed by atoms with E-state index >= 15 is 0 Å². The van der Waals surface area contributed by atoms with E-state index in [1.165, 1.54) is 5.56 Å². The summed E-state index contributed by atoms with van der Waals surface area (Å²) in [6.07, 6.45) is 0. The van der Waals surface area contributed by atoms with E-state index < -0.39 is 0 Å². The lowest BCUT2D eigenvalue weighted by molar-refractivity contribution is 0.200. The predicted molar refractivity (Wildman–Crippen MR) is 66.6 cm³/mol. The quantitative estimate of drug-likeness (QED) is 0.768. The molecule has 0 radical (unpaired) electrons. The van der Waals surface area contributed by atoms with Crippen molar-refractivity contribution < 1.29 is 0 Å². The molecule has 1 rings (SSSR count). The lowest BCUT2D eigenvalue weighted by Gasteiger charge is -2.27. The van der Waals surface area contributed by atoms with E-state index in [0.29, 0.717) is 12.0 Å². The highest BCUT2D eigenvalue weighted by molar-refractivity contribution is 5.40. The minimum Gasteiger partial charge on any atom is -0.399 e. The molecule has 1 unspecified atom stereocenters. The second-order valence-corrected chi connectivity index (χ2v) is 4.64. The lowest BCUT2D eigenvalue weighted by atomic mass is 10.0. The summed E-state index contributed by atoms with van der Waals surface area (Å²) in [4.78, 5) is 2.36. The largest absolute Gasteiger partial charge is 0.399 e. The van der Waals surface area contributed by atoms with Crippen LogP contribution in [0.3, 0.4) is 0 Å². The van der Waals surface area contributed by atoms with Crippen molar-refractivity contribution in [1.29, 1.82) is 0 Å². The smallest absolute Gasteiger partial charge is 0.0317 e. The second kappa shape index (κ2) is 5.17. The van der Waals surface area contributed by atoms with Crippen molar-refractivity contribution in [2.24, 2.45) is 5.92 Å². The Morgan fingerprint density at radius 3 is 2.47 bits per heavy atom. The normalized spacial score (nSPS) is 13.5. The van der Waals surface area contributed by atoms with E-state index in [0.717, 1.165) is 12.2 Å². The van der Waals surface area contributed by atoms with Crippen molar-refractivity contribution in [3.63, 3.8) is 0 Å². The summed E-state index contributed by atoms with van der Waals surface area (Å²) < 4.78 is 0. The summed E-state index contributed by atoms with van der Waals surface area (Å²) in [6.45, 7) is 7.72. The van der Waals surface area contributed by atoms with Gasteiger partial charge in [0.15, 0.2) is 0 Å². The van der Waals surface area contributed by atoms with Gasteiger partial charge in [-0.2, -0.15) is 0 Å². The first-order valence-corrected chi connectivity index (χ1v) is 5.55. The first-order valence-electron chi connectivity index (χ1n) is 5.55. The summed E-state index contributed by atoms with van der Waals surface area (Å²) in [6, 6.07) is 8.70. The molecule has 0 fully saturated rings. The molecule has 1 atom stereocenters. The van der Waals surface area contributed by atoms with Gasteiger partial charge in [-0.15, -0.1) is 0 Å². The molecule has 0 aliphatic rings. The Kier molecular flexibility index (Phi) is 4.15. The van der Waals surface area contributed by atoms with E-state index in [9.17, 15) is 0 Å². The van der Waals surface area contributed by atoms with Gasteiger partial charge >= 0.3 is 0 Å². The Morgan fingerprint density at radius 1 is 1.27 bits per heavy atom. The maximum atomic E-state index is 5.75. The van der Waals surface area contributed by atoms with Gasteiger partial charge in [0.25, 0.3) is 0 Å². The summed E-state index contributed by atoms with van der Waals surface area (Å²) in [7, 11) is 2.16. The average molecular weight is 206 g/mol. The molecule has 1 aromatic rings. The highest BCUT2D eigenvalue weighted by Gasteiger charge is 2.12. The Hall–Kier alpha value is -1.02. The maximum Gasteiger partial charge on any atom is 0.0317 e. The van der Waals surface area contributed by atoms with Crippen LogP contribution >= 0.6 is 0 Å². The number of hydrogen-bond donors (Lipinski definition) is 1. The fourth-order valence-electron chi connectivity index (χ4n) is 1.63. The van der Waals surface area contributed by atoms with Crippen molar-refractivity contribution in [1.82, 2.24) is 4.90 Å². The average Bonchev–Trinajstić information content (AvgIpc) is 2.16. The zero-order valence-corrected chi connectivity index (χ0v) is 10.2.